The average molecular weight is 306 g/mol. The third-order valence-corrected chi connectivity index (χ3v) is 4.64. The molecule has 2 aliphatic rings. The quantitative estimate of drug-likeness (QED) is 0.847. The van der Waals surface area contributed by atoms with Gasteiger partial charge in [0.1, 0.15) is 5.67 Å². The summed E-state index contributed by atoms with van der Waals surface area (Å²) >= 11 is 0. The van der Waals surface area contributed by atoms with Crippen molar-refractivity contribution in [2.24, 2.45) is 0 Å². The largest absolute Gasteiger partial charge is 0.478 e. The van der Waals surface area contributed by atoms with E-state index in [4.69, 9.17) is 5.11 Å². The molecule has 4 nitrogen and oxygen atoms in total. The molecule has 1 saturated carbocycles. The first-order valence-corrected chi connectivity index (χ1v) is 8.01. The van der Waals surface area contributed by atoms with Crippen LogP contribution in [0.3, 0.4) is 0 Å². The van der Waals surface area contributed by atoms with Gasteiger partial charge in [-0.3, -0.25) is 4.90 Å². The molecule has 1 aromatic carbocycles. The Labute approximate surface area is 130 Å². The number of halogens is 1. The molecule has 22 heavy (non-hydrogen) atoms. The molecule has 0 amide bonds. The second-order valence-electron chi connectivity index (χ2n) is 6.58. The van der Waals surface area contributed by atoms with Crippen LogP contribution < -0.4 is 5.32 Å². The topological polar surface area (TPSA) is 52.6 Å². The highest BCUT2D eigenvalue weighted by molar-refractivity contribution is 5.87. The number of benzene rings is 1. The first-order valence-electron chi connectivity index (χ1n) is 8.01. The minimum absolute atomic E-state index is 0.302. The zero-order chi connectivity index (χ0) is 15.6. The Kier molecular flexibility index (Phi) is 4.45. The number of carboxylic acids is 1. The van der Waals surface area contributed by atoms with Gasteiger partial charge in [0.05, 0.1) is 5.56 Å². The molecular formula is C17H23FN2O2. The van der Waals surface area contributed by atoms with Gasteiger partial charge in [0, 0.05) is 32.2 Å². The number of carboxylic acid groups (broad SMARTS) is 1. The second-order valence-corrected chi connectivity index (χ2v) is 6.58. The molecule has 0 aromatic heterocycles. The van der Waals surface area contributed by atoms with Crippen molar-refractivity contribution in [2.45, 2.75) is 43.9 Å². The van der Waals surface area contributed by atoms with Crippen LogP contribution >= 0.6 is 0 Å². The van der Waals surface area contributed by atoms with E-state index in [2.05, 4.69) is 10.2 Å². The van der Waals surface area contributed by atoms with E-state index in [0.29, 0.717) is 31.0 Å². The van der Waals surface area contributed by atoms with Crippen molar-refractivity contribution < 1.29 is 14.3 Å². The van der Waals surface area contributed by atoms with Gasteiger partial charge in [0.2, 0.25) is 0 Å². The monoisotopic (exact) mass is 306 g/mol. The average Bonchev–Trinajstić information content (AvgIpc) is 3.33. The highest BCUT2D eigenvalue weighted by Gasteiger charge is 2.35. The van der Waals surface area contributed by atoms with Crippen molar-refractivity contribution in [3.05, 3.63) is 35.4 Å². The van der Waals surface area contributed by atoms with E-state index in [1.165, 1.54) is 12.8 Å². The number of rotatable bonds is 6. The van der Waals surface area contributed by atoms with Gasteiger partial charge in [0.15, 0.2) is 0 Å². The molecule has 0 spiro atoms. The Bertz CT molecular complexity index is 520. The summed E-state index contributed by atoms with van der Waals surface area (Å²) in [4.78, 5) is 13.1. The first kappa shape index (κ1) is 15.4. The molecule has 5 heteroatoms. The molecular weight excluding hydrogens is 283 g/mol. The number of alkyl halides is 1. The molecule has 0 radical (unpaired) electrons. The van der Waals surface area contributed by atoms with Crippen LogP contribution in [0.25, 0.3) is 0 Å². The SMILES string of the molecule is O=C(O)c1ccc(CN2CCC(F)(CNC3CC3)CC2)cc1. The van der Waals surface area contributed by atoms with Crippen LogP contribution in [-0.4, -0.2) is 47.3 Å². The Balaban J connectivity index is 1.47. The summed E-state index contributed by atoms with van der Waals surface area (Å²) in [6, 6.07) is 7.49. The standard InChI is InChI=1S/C17H23FN2O2/c18-17(12-19-15-5-6-15)7-9-20(10-8-17)11-13-1-3-14(4-2-13)16(21)22/h1-4,15,19H,5-12H2,(H,21,22). The maximum absolute atomic E-state index is 14.7. The Hall–Kier alpha value is -1.46. The van der Waals surface area contributed by atoms with Crippen LogP contribution in [0.4, 0.5) is 4.39 Å². The van der Waals surface area contributed by atoms with E-state index < -0.39 is 11.6 Å². The van der Waals surface area contributed by atoms with Crippen LogP contribution in [0.5, 0.6) is 0 Å². The summed E-state index contributed by atoms with van der Waals surface area (Å²) in [6.07, 6.45) is 3.52. The second kappa shape index (κ2) is 6.34. The highest BCUT2D eigenvalue weighted by Crippen LogP contribution is 2.28. The number of nitrogens with zero attached hydrogens (tertiary/aromatic N) is 1. The molecule has 0 unspecified atom stereocenters. The first-order chi connectivity index (χ1) is 10.5. The Morgan fingerprint density at radius 2 is 1.91 bits per heavy atom. The maximum atomic E-state index is 14.7. The summed E-state index contributed by atoms with van der Waals surface area (Å²) in [5, 5.41) is 12.2. The fraction of sp³-hybridized carbons (Fsp3) is 0.588. The Morgan fingerprint density at radius 3 is 2.45 bits per heavy atom. The summed E-state index contributed by atoms with van der Waals surface area (Å²) in [7, 11) is 0. The lowest BCUT2D eigenvalue weighted by Gasteiger charge is -2.36. The molecule has 0 bridgehead atoms. The van der Waals surface area contributed by atoms with Crippen LogP contribution in [-0.2, 0) is 6.54 Å². The lowest BCUT2D eigenvalue weighted by atomic mass is 9.93. The summed E-state index contributed by atoms with van der Waals surface area (Å²) < 4.78 is 14.7. The van der Waals surface area contributed by atoms with E-state index in [1.807, 2.05) is 12.1 Å². The van der Waals surface area contributed by atoms with Gasteiger partial charge in [-0.05, 0) is 43.4 Å². The zero-order valence-electron chi connectivity index (χ0n) is 12.7. The van der Waals surface area contributed by atoms with Crippen molar-refractivity contribution >= 4 is 5.97 Å². The zero-order valence-corrected chi connectivity index (χ0v) is 12.7. The number of aromatic carboxylic acids is 1. The molecule has 1 heterocycles. The van der Waals surface area contributed by atoms with Gasteiger partial charge in [-0.25, -0.2) is 9.18 Å². The van der Waals surface area contributed by atoms with Crippen molar-refractivity contribution in [3.63, 3.8) is 0 Å². The van der Waals surface area contributed by atoms with E-state index >= 15 is 0 Å². The normalized spacial score (nSPS) is 21.7. The van der Waals surface area contributed by atoms with Gasteiger partial charge < -0.3 is 10.4 Å². The molecule has 0 atom stereocenters. The molecule has 2 N–H and O–H groups in total. The van der Waals surface area contributed by atoms with E-state index in [0.717, 1.165) is 25.2 Å². The van der Waals surface area contributed by atoms with Gasteiger partial charge in [0.25, 0.3) is 0 Å². The van der Waals surface area contributed by atoms with Crippen molar-refractivity contribution in [3.8, 4) is 0 Å². The predicted molar refractivity (Wildman–Crippen MR) is 82.8 cm³/mol. The van der Waals surface area contributed by atoms with Crippen molar-refractivity contribution in [1.82, 2.24) is 10.2 Å². The van der Waals surface area contributed by atoms with Crippen molar-refractivity contribution in [2.75, 3.05) is 19.6 Å². The molecule has 1 aliphatic carbocycles. The van der Waals surface area contributed by atoms with Crippen molar-refractivity contribution in [1.29, 1.82) is 0 Å². The number of hydrogen-bond acceptors (Lipinski definition) is 3. The molecule has 3 rings (SSSR count). The minimum atomic E-state index is -1.06. The summed E-state index contributed by atoms with van der Waals surface area (Å²) in [5.41, 5.74) is 0.315. The van der Waals surface area contributed by atoms with Gasteiger partial charge >= 0.3 is 5.97 Å². The fourth-order valence-corrected chi connectivity index (χ4v) is 2.91. The lowest BCUT2D eigenvalue weighted by Crippen LogP contribution is -2.47. The number of piperidine rings is 1. The van der Waals surface area contributed by atoms with E-state index in [9.17, 15) is 9.18 Å². The molecule has 1 saturated heterocycles. The molecule has 1 aliphatic heterocycles. The van der Waals surface area contributed by atoms with Crippen LogP contribution in [0.2, 0.25) is 0 Å². The van der Waals surface area contributed by atoms with Crippen LogP contribution in [0, 0.1) is 0 Å². The third-order valence-electron chi connectivity index (χ3n) is 4.64. The minimum Gasteiger partial charge on any atom is -0.478 e. The van der Waals surface area contributed by atoms with E-state index in [1.54, 1.807) is 12.1 Å². The van der Waals surface area contributed by atoms with Crippen LogP contribution in [0.15, 0.2) is 24.3 Å². The number of hydrogen-bond donors (Lipinski definition) is 2. The van der Waals surface area contributed by atoms with Crippen LogP contribution in [0.1, 0.15) is 41.6 Å². The Morgan fingerprint density at radius 1 is 1.27 bits per heavy atom. The molecule has 1 aromatic rings. The fourth-order valence-electron chi connectivity index (χ4n) is 2.91. The number of nitrogens with one attached hydrogen (secondary N) is 1. The van der Waals surface area contributed by atoms with Gasteiger partial charge in [-0.1, -0.05) is 12.1 Å². The maximum Gasteiger partial charge on any atom is 0.335 e. The summed E-state index contributed by atoms with van der Waals surface area (Å²) in [6.45, 7) is 2.75. The predicted octanol–water partition coefficient (Wildman–Crippen LogP) is 2.44. The molecule has 2 fully saturated rings. The highest BCUT2D eigenvalue weighted by atomic mass is 19.1. The third kappa shape index (κ3) is 4.05. The number of carbonyl (C=O) groups is 1. The number of likely N-dealkylation sites (tertiary alicyclic amines) is 1. The summed E-state index contributed by atoms with van der Waals surface area (Å²) in [5.74, 6) is -0.908. The van der Waals surface area contributed by atoms with Gasteiger partial charge in [-0.2, -0.15) is 0 Å². The molecule has 120 valence electrons. The van der Waals surface area contributed by atoms with Gasteiger partial charge in [-0.15, -0.1) is 0 Å². The van der Waals surface area contributed by atoms with E-state index in [-0.39, 0.29) is 0 Å². The smallest absolute Gasteiger partial charge is 0.335 e. The lowest BCUT2D eigenvalue weighted by molar-refractivity contribution is 0.0544.